The predicted octanol–water partition coefficient (Wildman–Crippen LogP) is 1.83. The van der Waals surface area contributed by atoms with Crippen LogP contribution < -0.4 is 5.32 Å². The fourth-order valence-electron chi connectivity index (χ4n) is 1.84. The van der Waals surface area contributed by atoms with Gasteiger partial charge in [-0.3, -0.25) is 0 Å². The maximum atomic E-state index is 12.3. The van der Waals surface area contributed by atoms with E-state index in [0.29, 0.717) is 32.0 Å². The third-order valence-electron chi connectivity index (χ3n) is 3.16. The molecule has 0 saturated heterocycles. The highest BCUT2D eigenvalue weighted by molar-refractivity contribution is 7.89. The van der Waals surface area contributed by atoms with Crippen molar-refractivity contribution < 1.29 is 17.6 Å². The second-order valence-corrected chi connectivity index (χ2v) is 6.90. The average Bonchev–Trinajstić information content (AvgIpc) is 2.93. The molecular weight excluding hydrogens is 292 g/mol. The standard InChI is InChI=1S/C14H26N2O4S/c1-4-5-6-10-16(2)21(17,18)14-8-7-13(20-14)12-15-9-11-19-3/h7-8,15H,4-6,9-12H2,1-3H3. The van der Waals surface area contributed by atoms with Crippen LogP contribution in [0.1, 0.15) is 31.9 Å². The van der Waals surface area contributed by atoms with Gasteiger partial charge in [0.05, 0.1) is 13.2 Å². The molecule has 0 saturated carbocycles. The zero-order valence-corrected chi connectivity index (χ0v) is 13.9. The molecule has 1 N–H and O–H groups in total. The Kier molecular flexibility index (Phi) is 7.95. The van der Waals surface area contributed by atoms with E-state index in [4.69, 9.17) is 9.15 Å². The number of nitrogens with zero attached hydrogens (tertiary/aromatic N) is 1. The fraction of sp³-hybridized carbons (Fsp3) is 0.714. The SMILES string of the molecule is CCCCCN(C)S(=O)(=O)c1ccc(CNCCOC)o1. The maximum absolute atomic E-state index is 12.3. The molecule has 0 aliphatic rings. The minimum atomic E-state index is -3.52. The van der Waals surface area contributed by atoms with Crippen molar-refractivity contribution in [1.29, 1.82) is 0 Å². The number of furan rings is 1. The Hall–Kier alpha value is -0.890. The Morgan fingerprint density at radius 1 is 1.33 bits per heavy atom. The first-order valence-corrected chi connectivity index (χ1v) is 8.71. The summed E-state index contributed by atoms with van der Waals surface area (Å²) in [5.41, 5.74) is 0. The normalized spacial score (nSPS) is 12.2. The smallest absolute Gasteiger partial charge is 0.276 e. The monoisotopic (exact) mass is 318 g/mol. The van der Waals surface area contributed by atoms with Gasteiger partial charge in [-0.25, -0.2) is 8.42 Å². The van der Waals surface area contributed by atoms with Crippen LogP contribution in [0.25, 0.3) is 0 Å². The predicted molar refractivity (Wildman–Crippen MR) is 81.6 cm³/mol. The van der Waals surface area contributed by atoms with Crippen LogP contribution in [0.4, 0.5) is 0 Å². The Balaban J connectivity index is 2.56. The highest BCUT2D eigenvalue weighted by Gasteiger charge is 2.24. The Labute approximate surface area is 127 Å². The fourth-order valence-corrected chi connectivity index (χ4v) is 2.96. The minimum absolute atomic E-state index is 0.00467. The molecule has 1 aromatic heterocycles. The Bertz CT molecular complexity index is 499. The molecule has 1 heterocycles. The maximum Gasteiger partial charge on any atom is 0.276 e. The molecule has 0 aromatic carbocycles. The van der Waals surface area contributed by atoms with E-state index in [0.717, 1.165) is 19.3 Å². The van der Waals surface area contributed by atoms with Gasteiger partial charge >= 0.3 is 0 Å². The van der Waals surface area contributed by atoms with Crippen molar-refractivity contribution in [2.75, 3.05) is 33.9 Å². The van der Waals surface area contributed by atoms with Crippen molar-refractivity contribution in [3.63, 3.8) is 0 Å². The quantitative estimate of drug-likeness (QED) is 0.630. The largest absolute Gasteiger partial charge is 0.447 e. The van der Waals surface area contributed by atoms with Gasteiger partial charge in [-0.05, 0) is 18.6 Å². The molecule has 1 aromatic rings. The second kappa shape index (κ2) is 9.19. The van der Waals surface area contributed by atoms with Gasteiger partial charge in [0.15, 0.2) is 0 Å². The number of hydrogen-bond acceptors (Lipinski definition) is 5. The number of methoxy groups -OCH3 is 1. The molecule has 0 fully saturated rings. The van der Waals surface area contributed by atoms with E-state index in [2.05, 4.69) is 12.2 Å². The van der Waals surface area contributed by atoms with Gasteiger partial charge in [-0.1, -0.05) is 19.8 Å². The van der Waals surface area contributed by atoms with Crippen LogP contribution in [0.2, 0.25) is 0 Å². The van der Waals surface area contributed by atoms with Gasteiger partial charge in [0.1, 0.15) is 5.76 Å². The van der Waals surface area contributed by atoms with E-state index in [1.807, 2.05) is 0 Å². The highest BCUT2D eigenvalue weighted by Crippen LogP contribution is 2.18. The minimum Gasteiger partial charge on any atom is -0.447 e. The van der Waals surface area contributed by atoms with E-state index in [-0.39, 0.29) is 5.09 Å². The summed E-state index contributed by atoms with van der Waals surface area (Å²) in [6.45, 7) is 4.38. The molecule has 1 rings (SSSR count). The van der Waals surface area contributed by atoms with E-state index in [1.54, 1.807) is 20.2 Å². The summed E-state index contributed by atoms with van der Waals surface area (Å²) < 4.78 is 36.3. The summed E-state index contributed by atoms with van der Waals surface area (Å²) in [4.78, 5) is 0. The number of hydrogen-bond donors (Lipinski definition) is 1. The van der Waals surface area contributed by atoms with Gasteiger partial charge in [-0.15, -0.1) is 0 Å². The van der Waals surface area contributed by atoms with Crippen LogP contribution >= 0.6 is 0 Å². The lowest BCUT2D eigenvalue weighted by molar-refractivity contribution is 0.198. The van der Waals surface area contributed by atoms with Crippen LogP contribution in [0, 0.1) is 0 Å². The summed E-state index contributed by atoms with van der Waals surface area (Å²) in [6.07, 6.45) is 2.94. The molecule has 0 spiro atoms. The molecule has 0 amide bonds. The number of sulfonamides is 1. The van der Waals surface area contributed by atoms with Crippen molar-refractivity contribution in [2.24, 2.45) is 0 Å². The lowest BCUT2D eigenvalue weighted by atomic mass is 10.2. The van der Waals surface area contributed by atoms with E-state index in [9.17, 15) is 8.42 Å². The third-order valence-corrected chi connectivity index (χ3v) is 4.89. The van der Waals surface area contributed by atoms with Crippen molar-refractivity contribution >= 4 is 10.0 Å². The van der Waals surface area contributed by atoms with Gasteiger partial charge in [0.2, 0.25) is 5.09 Å². The molecule has 0 atom stereocenters. The molecule has 0 bridgehead atoms. The van der Waals surface area contributed by atoms with Gasteiger partial charge in [-0.2, -0.15) is 4.31 Å². The van der Waals surface area contributed by atoms with Crippen molar-refractivity contribution in [3.8, 4) is 0 Å². The molecule has 0 unspecified atom stereocenters. The first kappa shape index (κ1) is 18.2. The van der Waals surface area contributed by atoms with Gasteiger partial charge in [0, 0.05) is 27.2 Å². The second-order valence-electron chi connectivity index (χ2n) is 4.92. The van der Waals surface area contributed by atoms with Crippen LogP contribution in [0.3, 0.4) is 0 Å². The summed E-state index contributed by atoms with van der Waals surface area (Å²) in [5.74, 6) is 0.603. The first-order chi connectivity index (χ1) is 10.0. The van der Waals surface area contributed by atoms with Crippen molar-refractivity contribution in [1.82, 2.24) is 9.62 Å². The van der Waals surface area contributed by atoms with Crippen LogP contribution in [-0.4, -0.2) is 46.6 Å². The van der Waals surface area contributed by atoms with E-state index < -0.39 is 10.0 Å². The van der Waals surface area contributed by atoms with E-state index >= 15 is 0 Å². The molecule has 0 aliphatic heterocycles. The average molecular weight is 318 g/mol. The molecular formula is C14H26N2O4S. The summed E-state index contributed by atoms with van der Waals surface area (Å²) >= 11 is 0. The van der Waals surface area contributed by atoms with Gasteiger partial charge in [0.25, 0.3) is 10.0 Å². The number of nitrogens with one attached hydrogen (secondary N) is 1. The summed E-state index contributed by atoms with van der Waals surface area (Å²) in [7, 11) is -0.300. The zero-order chi connectivity index (χ0) is 15.7. The lowest BCUT2D eigenvalue weighted by Crippen LogP contribution is -2.27. The number of rotatable bonds is 11. The molecule has 7 heteroatoms. The van der Waals surface area contributed by atoms with Crippen LogP contribution in [0.5, 0.6) is 0 Å². The first-order valence-electron chi connectivity index (χ1n) is 7.27. The third kappa shape index (κ3) is 5.78. The molecule has 0 radical (unpaired) electrons. The highest BCUT2D eigenvalue weighted by atomic mass is 32.2. The molecule has 0 aliphatic carbocycles. The Morgan fingerprint density at radius 3 is 2.76 bits per heavy atom. The van der Waals surface area contributed by atoms with Crippen molar-refractivity contribution in [3.05, 3.63) is 17.9 Å². The topological polar surface area (TPSA) is 71.8 Å². The molecule has 21 heavy (non-hydrogen) atoms. The number of ether oxygens (including phenoxy) is 1. The van der Waals surface area contributed by atoms with Crippen LogP contribution in [-0.2, 0) is 21.3 Å². The molecule has 6 nitrogen and oxygen atoms in total. The van der Waals surface area contributed by atoms with Crippen molar-refractivity contribution in [2.45, 2.75) is 37.8 Å². The molecule has 122 valence electrons. The van der Waals surface area contributed by atoms with Gasteiger partial charge < -0.3 is 14.5 Å². The zero-order valence-electron chi connectivity index (χ0n) is 13.1. The lowest BCUT2D eigenvalue weighted by Gasteiger charge is -2.14. The summed E-state index contributed by atoms with van der Waals surface area (Å²) in [6, 6.07) is 3.20. The Morgan fingerprint density at radius 2 is 2.10 bits per heavy atom. The van der Waals surface area contributed by atoms with E-state index in [1.165, 1.54) is 10.4 Å². The summed E-state index contributed by atoms with van der Waals surface area (Å²) in [5, 5.41) is 3.12. The number of unbranched alkanes of at least 4 members (excludes halogenated alkanes) is 2. The van der Waals surface area contributed by atoms with Crippen LogP contribution in [0.15, 0.2) is 21.6 Å².